The van der Waals surface area contributed by atoms with Crippen molar-refractivity contribution in [2.45, 2.75) is 40.0 Å². The minimum Gasteiger partial charge on any atom is -0.0776 e. The van der Waals surface area contributed by atoms with Crippen LogP contribution >= 0.6 is 0 Å². The fraction of sp³-hybridized carbons (Fsp3) is 0.500. The van der Waals surface area contributed by atoms with Crippen LogP contribution in [0.4, 0.5) is 0 Å². The Balaban J connectivity index is 0.00000121. The van der Waals surface area contributed by atoms with E-state index < -0.39 is 0 Å². The van der Waals surface area contributed by atoms with Crippen LogP contribution in [-0.2, 0) is 6.42 Å². The largest absolute Gasteiger partial charge is 0.0776 e. The summed E-state index contributed by atoms with van der Waals surface area (Å²) < 4.78 is 0. The first-order chi connectivity index (χ1) is 5.43. The Hall–Kier alpha value is -0.780. The van der Waals surface area contributed by atoms with Crippen molar-refractivity contribution in [3.63, 3.8) is 0 Å². The SMILES string of the molecule is C.CCCCCc1ccccc1. The molecule has 0 heterocycles. The monoisotopic (exact) mass is 164 g/mol. The van der Waals surface area contributed by atoms with Crippen LogP contribution in [0, 0.1) is 0 Å². The molecule has 1 rings (SSSR count). The second-order valence-corrected chi connectivity index (χ2v) is 2.94. The van der Waals surface area contributed by atoms with E-state index in [1.54, 1.807) is 0 Å². The van der Waals surface area contributed by atoms with Gasteiger partial charge in [0, 0.05) is 0 Å². The predicted molar refractivity (Wildman–Crippen MR) is 56.4 cm³/mol. The van der Waals surface area contributed by atoms with E-state index in [0.29, 0.717) is 0 Å². The molecular weight excluding hydrogens is 144 g/mol. The summed E-state index contributed by atoms with van der Waals surface area (Å²) in [6, 6.07) is 10.7. The Morgan fingerprint density at radius 3 is 2.25 bits per heavy atom. The van der Waals surface area contributed by atoms with Crippen molar-refractivity contribution in [2.75, 3.05) is 0 Å². The summed E-state index contributed by atoms with van der Waals surface area (Å²) in [6.45, 7) is 2.24. The molecule has 0 saturated carbocycles. The van der Waals surface area contributed by atoms with Gasteiger partial charge in [0.1, 0.15) is 0 Å². The summed E-state index contributed by atoms with van der Waals surface area (Å²) in [5.41, 5.74) is 1.47. The Morgan fingerprint density at radius 2 is 1.67 bits per heavy atom. The lowest BCUT2D eigenvalue weighted by atomic mass is 10.1. The van der Waals surface area contributed by atoms with Crippen LogP contribution in [0.1, 0.15) is 39.2 Å². The summed E-state index contributed by atoms with van der Waals surface area (Å²) in [6.07, 6.45) is 5.25. The van der Waals surface area contributed by atoms with Crippen LogP contribution < -0.4 is 0 Å². The Kier molecular flexibility index (Phi) is 6.45. The average Bonchev–Trinajstić information content (AvgIpc) is 2.07. The van der Waals surface area contributed by atoms with Crippen molar-refractivity contribution in [1.29, 1.82) is 0 Å². The summed E-state index contributed by atoms with van der Waals surface area (Å²) >= 11 is 0. The molecule has 0 bridgehead atoms. The zero-order chi connectivity index (χ0) is 7.94. The van der Waals surface area contributed by atoms with Crippen LogP contribution in [0.15, 0.2) is 30.3 Å². The van der Waals surface area contributed by atoms with Gasteiger partial charge in [0.2, 0.25) is 0 Å². The minimum absolute atomic E-state index is 0. The Bertz CT molecular complexity index is 176. The minimum atomic E-state index is 0. The molecule has 0 heteroatoms. The van der Waals surface area contributed by atoms with Crippen LogP contribution in [-0.4, -0.2) is 0 Å². The third-order valence-electron chi connectivity index (χ3n) is 1.91. The van der Waals surface area contributed by atoms with E-state index in [-0.39, 0.29) is 7.43 Å². The first kappa shape index (κ1) is 11.2. The molecule has 0 aliphatic heterocycles. The highest BCUT2D eigenvalue weighted by Gasteiger charge is 1.89. The molecule has 0 N–H and O–H groups in total. The molecule has 1 aromatic carbocycles. The summed E-state index contributed by atoms with van der Waals surface area (Å²) in [5.74, 6) is 0. The van der Waals surface area contributed by atoms with Crippen molar-refractivity contribution in [3.05, 3.63) is 35.9 Å². The molecule has 0 fully saturated rings. The topological polar surface area (TPSA) is 0 Å². The number of hydrogen-bond donors (Lipinski definition) is 0. The number of unbranched alkanes of at least 4 members (excludes halogenated alkanes) is 2. The predicted octanol–water partition coefficient (Wildman–Crippen LogP) is 4.06. The molecule has 0 saturated heterocycles. The fourth-order valence-electron chi connectivity index (χ4n) is 1.22. The molecule has 0 atom stereocenters. The lowest BCUT2D eigenvalue weighted by Gasteiger charge is -1.98. The standard InChI is InChI=1S/C11H16.CH4/c1-2-3-5-8-11-9-6-4-7-10-11;/h4,6-7,9-10H,2-3,5,8H2,1H3;1H4. The van der Waals surface area contributed by atoms with E-state index in [2.05, 4.69) is 37.3 Å². The maximum Gasteiger partial charge on any atom is -0.0279 e. The van der Waals surface area contributed by atoms with Crippen molar-refractivity contribution in [3.8, 4) is 0 Å². The van der Waals surface area contributed by atoms with E-state index in [1.807, 2.05) is 0 Å². The molecule has 0 amide bonds. The smallest absolute Gasteiger partial charge is 0.0279 e. The van der Waals surface area contributed by atoms with Crippen LogP contribution in [0.5, 0.6) is 0 Å². The molecule has 0 spiro atoms. The first-order valence-corrected chi connectivity index (χ1v) is 4.47. The van der Waals surface area contributed by atoms with Gasteiger partial charge in [-0.25, -0.2) is 0 Å². The van der Waals surface area contributed by atoms with E-state index in [0.717, 1.165) is 0 Å². The van der Waals surface area contributed by atoms with Gasteiger partial charge in [0.15, 0.2) is 0 Å². The maximum atomic E-state index is 2.24. The maximum absolute atomic E-state index is 2.24. The highest BCUT2D eigenvalue weighted by Crippen LogP contribution is 2.05. The second-order valence-electron chi connectivity index (χ2n) is 2.94. The summed E-state index contributed by atoms with van der Waals surface area (Å²) in [4.78, 5) is 0. The quantitative estimate of drug-likeness (QED) is 0.589. The number of aryl methyl sites for hydroxylation is 1. The number of rotatable bonds is 4. The van der Waals surface area contributed by atoms with Crippen molar-refractivity contribution in [2.24, 2.45) is 0 Å². The average molecular weight is 164 g/mol. The lowest BCUT2D eigenvalue weighted by Crippen LogP contribution is -1.83. The second kappa shape index (κ2) is 6.90. The van der Waals surface area contributed by atoms with Gasteiger partial charge in [-0.1, -0.05) is 57.5 Å². The van der Waals surface area contributed by atoms with Gasteiger partial charge in [-0.2, -0.15) is 0 Å². The van der Waals surface area contributed by atoms with Gasteiger partial charge in [-0.15, -0.1) is 0 Å². The third-order valence-corrected chi connectivity index (χ3v) is 1.91. The Labute approximate surface area is 76.6 Å². The molecule has 1 aromatic rings. The zero-order valence-electron chi connectivity index (χ0n) is 7.22. The first-order valence-electron chi connectivity index (χ1n) is 4.47. The number of benzene rings is 1. The van der Waals surface area contributed by atoms with E-state index in [9.17, 15) is 0 Å². The molecule has 12 heavy (non-hydrogen) atoms. The molecule has 0 radical (unpaired) electrons. The lowest BCUT2D eigenvalue weighted by molar-refractivity contribution is 0.717. The van der Waals surface area contributed by atoms with Crippen LogP contribution in [0.2, 0.25) is 0 Å². The molecule has 0 unspecified atom stereocenters. The van der Waals surface area contributed by atoms with E-state index in [1.165, 1.54) is 31.2 Å². The van der Waals surface area contributed by atoms with Gasteiger partial charge in [0.05, 0.1) is 0 Å². The molecule has 0 aliphatic rings. The number of hydrogen-bond acceptors (Lipinski definition) is 0. The molecule has 0 aliphatic carbocycles. The van der Waals surface area contributed by atoms with Gasteiger partial charge in [-0.05, 0) is 18.4 Å². The van der Waals surface area contributed by atoms with Gasteiger partial charge in [-0.3, -0.25) is 0 Å². The highest BCUT2D eigenvalue weighted by atomic mass is 13.9. The van der Waals surface area contributed by atoms with Crippen LogP contribution in [0.3, 0.4) is 0 Å². The molecule has 0 aromatic heterocycles. The van der Waals surface area contributed by atoms with Gasteiger partial charge in [0.25, 0.3) is 0 Å². The van der Waals surface area contributed by atoms with Gasteiger partial charge >= 0.3 is 0 Å². The zero-order valence-corrected chi connectivity index (χ0v) is 7.22. The fourth-order valence-corrected chi connectivity index (χ4v) is 1.22. The van der Waals surface area contributed by atoms with Crippen molar-refractivity contribution >= 4 is 0 Å². The van der Waals surface area contributed by atoms with E-state index >= 15 is 0 Å². The van der Waals surface area contributed by atoms with Crippen LogP contribution in [0.25, 0.3) is 0 Å². The molecule has 0 nitrogen and oxygen atoms in total. The highest BCUT2D eigenvalue weighted by molar-refractivity contribution is 5.14. The van der Waals surface area contributed by atoms with E-state index in [4.69, 9.17) is 0 Å². The summed E-state index contributed by atoms with van der Waals surface area (Å²) in [5, 5.41) is 0. The van der Waals surface area contributed by atoms with Crippen molar-refractivity contribution in [1.82, 2.24) is 0 Å². The third kappa shape index (κ3) is 4.17. The van der Waals surface area contributed by atoms with Crippen molar-refractivity contribution < 1.29 is 0 Å². The Morgan fingerprint density at radius 1 is 1.00 bits per heavy atom. The molecular formula is C12H20. The summed E-state index contributed by atoms with van der Waals surface area (Å²) in [7, 11) is 0. The molecule has 68 valence electrons. The normalized spacial score (nSPS) is 9.08. The van der Waals surface area contributed by atoms with Gasteiger partial charge < -0.3 is 0 Å².